The molecule has 3 aromatic carbocycles. The lowest BCUT2D eigenvalue weighted by Gasteiger charge is -2.31. The van der Waals surface area contributed by atoms with Gasteiger partial charge >= 0.3 is 0 Å². The number of carbonyl (C=O) groups excluding carboxylic acids is 1. The van der Waals surface area contributed by atoms with Crippen LogP contribution in [0.2, 0.25) is 0 Å². The predicted octanol–water partition coefficient (Wildman–Crippen LogP) is 5.42. The van der Waals surface area contributed by atoms with Crippen LogP contribution in [0.4, 0.5) is 5.69 Å². The van der Waals surface area contributed by atoms with Crippen molar-refractivity contribution in [3.05, 3.63) is 99.9 Å². The first-order valence-electron chi connectivity index (χ1n) is 13.7. The van der Waals surface area contributed by atoms with Gasteiger partial charge in [-0.3, -0.25) is 4.79 Å². The molecule has 1 saturated carbocycles. The number of nitrogens with one attached hydrogen (secondary N) is 1. The molecule has 1 aliphatic carbocycles. The van der Waals surface area contributed by atoms with Gasteiger partial charge in [-0.1, -0.05) is 41.5 Å². The molecule has 3 aromatic rings. The lowest BCUT2D eigenvalue weighted by Crippen LogP contribution is -2.50. The second-order valence-electron chi connectivity index (χ2n) is 10.2. The average molecular weight is 556 g/mol. The van der Waals surface area contributed by atoms with Crippen LogP contribution in [0.5, 0.6) is 11.5 Å². The summed E-state index contributed by atoms with van der Waals surface area (Å²) in [5, 5.41) is 16.0. The summed E-state index contributed by atoms with van der Waals surface area (Å²) in [6.45, 7) is 1.02. The van der Waals surface area contributed by atoms with Gasteiger partial charge in [0.05, 0.1) is 13.7 Å². The van der Waals surface area contributed by atoms with Crippen molar-refractivity contribution in [2.45, 2.75) is 37.3 Å². The number of amides is 1. The lowest BCUT2D eigenvalue weighted by molar-refractivity contribution is -0.129. The Morgan fingerprint density at radius 3 is 2.68 bits per heavy atom. The molecule has 2 atom stereocenters. The number of rotatable bonds is 13. The van der Waals surface area contributed by atoms with E-state index < -0.39 is 11.6 Å². The SMILES string of the molecule is COc1cccc([C@H]2OC(c3ccc(OCCCO)cc3)=N[C@@]2(Cc2ccccc2N=[N+]=[N-])C(=O)NCC2CC2)c1. The number of hydrogen-bond donors (Lipinski definition) is 2. The second kappa shape index (κ2) is 12.8. The molecule has 212 valence electrons. The van der Waals surface area contributed by atoms with Gasteiger partial charge in [0, 0.05) is 42.2 Å². The molecule has 0 aromatic heterocycles. The smallest absolute Gasteiger partial charge is 0.252 e. The number of aliphatic imine (C=N–C) groups is 1. The maximum Gasteiger partial charge on any atom is 0.252 e. The number of benzene rings is 3. The Hall–Kier alpha value is -4.53. The zero-order chi connectivity index (χ0) is 28.7. The fraction of sp³-hybridized carbons (Fsp3) is 0.355. The number of aliphatic hydroxyl groups excluding tert-OH is 1. The summed E-state index contributed by atoms with van der Waals surface area (Å²) >= 11 is 0. The quantitative estimate of drug-likeness (QED) is 0.125. The third-order valence-corrected chi connectivity index (χ3v) is 7.28. The molecule has 5 rings (SSSR count). The summed E-state index contributed by atoms with van der Waals surface area (Å²) in [5.41, 5.74) is 10.3. The fourth-order valence-corrected chi connectivity index (χ4v) is 4.90. The first kappa shape index (κ1) is 28.0. The van der Waals surface area contributed by atoms with Crippen molar-refractivity contribution in [2.24, 2.45) is 16.0 Å². The summed E-state index contributed by atoms with van der Waals surface area (Å²) < 4.78 is 17.7. The van der Waals surface area contributed by atoms with Gasteiger partial charge in [-0.2, -0.15) is 0 Å². The summed E-state index contributed by atoms with van der Waals surface area (Å²) in [5.74, 6) is 1.81. The van der Waals surface area contributed by atoms with E-state index >= 15 is 0 Å². The highest BCUT2D eigenvalue weighted by Gasteiger charge is 2.53. The molecule has 0 spiro atoms. The molecule has 0 radical (unpaired) electrons. The van der Waals surface area contributed by atoms with Gasteiger partial charge in [-0.15, -0.1) is 0 Å². The van der Waals surface area contributed by atoms with Crippen molar-refractivity contribution in [2.75, 3.05) is 26.9 Å². The number of hydrogen-bond acceptors (Lipinski definition) is 7. The maximum absolute atomic E-state index is 14.2. The van der Waals surface area contributed by atoms with Crippen LogP contribution in [0.3, 0.4) is 0 Å². The van der Waals surface area contributed by atoms with Crippen LogP contribution in [0.1, 0.15) is 42.1 Å². The minimum absolute atomic E-state index is 0.0576. The normalized spacial score (nSPS) is 19.5. The topological polar surface area (TPSA) is 138 Å². The van der Waals surface area contributed by atoms with E-state index in [1.165, 1.54) is 0 Å². The lowest BCUT2D eigenvalue weighted by atomic mass is 9.81. The monoisotopic (exact) mass is 555 g/mol. The highest BCUT2D eigenvalue weighted by Crippen LogP contribution is 2.44. The third kappa shape index (κ3) is 6.45. The minimum Gasteiger partial charge on any atom is -0.497 e. The van der Waals surface area contributed by atoms with Gasteiger partial charge in [-0.05, 0) is 71.8 Å². The summed E-state index contributed by atoms with van der Waals surface area (Å²) in [6, 6.07) is 21.9. The first-order valence-corrected chi connectivity index (χ1v) is 13.7. The maximum atomic E-state index is 14.2. The van der Waals surface area contributed by atoms with Crippen molar-refractivity contribution >= 4 is 17.5 Å². The number of ether oxygens (including phenoxy) is 3. The highest BCUT2D eigenvalue weighted by molar-refractivity contribution is 6.01. The Morgan fingerprint density at radius 1 is 1.15 bits per heavy atom. The Kier molecular flexibility index (Phi) is 8.72. The molecule has 2 N–H and O–H groups in total. The fourth-order valence-electron chi connectivity index (χ4n) is 4.90. The molecular weight excluding hydrogens is 522 g/mol. The van der Waals surface area contributed by atoms with E-state index in [1.807, 2.05) is 60.7 Å². The van der Waals surface area contributed by atoms with Crippen LogP contribution in [0.25, 0.3) is 10.4 Å². The van der Waals surface area contributed by atoms with Gasteiger partial charge in [0.15, 0.2) is 11.6 Å². The average Bonchev–Trinajstić information content (AvgIpc) is 3.76. The summed E-state index contributed by atoms with van der Waals surface area (Å²) in [6.07, 6.45) is 2.07. The number of azide groups is 1. The zero-order valence-corrected chi connectivity index (χ0v) is 22.9. The van der Waals surface area contributed by atoms with Crippen molar-refractivity contribution in [1.82, 2.24) is 5.32 Å². The van der Waals surface area contributed by atoms with Crippen LogP contribution in [0.15, 0.2) is 82.9 Å². The standard InChI is InChI=1S/C31H33N5O5/c1-39-26-8-4-7-23(18-26)28-31(30(38)33-20-21-10-11-21,19-24-6-2-3-9-27(24)35-36-32)34-29(41-28)22-12-14-25(15-13-22)40-17-5-16-37/h2-4,6-9,12-15,18,21,28,37H,5,10-11,16-17,19-20H2,1H3,(H,33,38)/t28-,31-/m1/s1. The molecule has 0 unspecified atom stereocenters. The van der Waals surface area contributed by atoms with E-state index in [4.69, 9.17) is 24.3 Å². The predicted molar refractivity (Wildman–Crippen MR) is 154 cm³/mol. The van der Waals surface area contributed by atoms with E-state index in [9.17, 15) is 10.3 Å². The van der Waals surface area contributed by atoms with Crippen molar-refractivity contribution in [3.63, 3.8) is 0 Å². The van der Waals surface area contributed by atoms with Gasteiger partial charge in [-0.25, -0.2) is 4.99 Å². The van der Waals surface area contributed by atoms with E-state index in [1.54, 1.807) is 19.2 Å². The number of methoxy groups -OCH3 is 1. The van der Waals surface area contributed by atoms with E-state index in [0.29, 0.717) is 59.7 Å². The van der Waals surface area contributed by atoms with Gasteiger partial charge in [0.25, 0.3) is 5.91 Å². The molecule has 2 aliphatic rings. The van der Waals surface area contributed by atoms with E-state index in [-0.39, 0.29) is 18.9 Å². The van der Waals surface area contributed by atoms with Crippen molar-refractivity contribution in [3.8, 4) is 11.5 Å². The largest absolute Gasteiger partial charge is 0.497 e. The third-order valence-electron chi connectivity index (χ3n) is 7.28. The molecule has 10 heteroatoms. The van der Waals surface area contributed by atoms with Crippen LogP contribution < -0.4 is 14.8 Å². The van der Waals surface area contributed by atoms with Crippen LogP contribution in [0, 0.1) is 5.92 Å². The zero-order valence-electron chi connectivity index (χ0n) is 22.9. The summed E-state index contributed by atoms with van der Waals surface area (Å²) in [7, 11) is 1.59. The molecule has 1 fully saturated rings. The molecule has 0 bridgehead atoms. The van der Waals surface area contributed by atoms with Gasteiger partial charge in [0.1, 0.15) is 11.5 Å². The van der Waals surface area contributed by atoms with Crippen LogP contribution in [-0.4, -0.2) is 49.3 Å². The van der Waals surface area contributed by atoms with Crippen molar-refractivity contribution < 1.29 is 24.1 Å². The Morgan fingerprint density at radius 2 is 1.95 bits per heavy atom. The van der Waals surface area contributed by atoms with Crippen molar-refractivity contribution in [1.29, 1.82) is 0 Å². The van der Waals surface area contributed by atoms with Crippen LogP contribution in [-0.2, 0) is 16.0 Å². The Labute approximate surface area is 238 Å². The molecule has 1 amide bonds. The number of nitrogens with zero attached hydrogens (tertiary/aromatic N) is 4. The minimum atomic E-state index is -1.39. The first-order chi connectivity index (χ1) is 20.1. The van der Waals surface area contributed by atoms with Gasteiger partial charge < -0.3 is 24.6 Å². The number of carbonyl (C=O) groups is 1. The summed E-state index contributed by atoms with van der Waals surface area (Å²) in [4.78, 5) is 22.2. The molecule has 0 saturated heterocycles. The molecule has 41 heavy (non-hydrogen) atoms. The molecule has 10 nitrogen and oxygen atoms in total. The Bertz CT molecular complexity index is 1450. The second-order valence-corrected chi connectivity index (χ2v) is 10.2. The van der Waals surface area contributed by atoms with Gasteiger partial charge in [0.2, 0.25) is 5.90 Å². The molecule has 1 aliphatic heterocycles. The van der Waals surface area contributed by atoms with Crippen LogP contribution >= 0.6 is 0 Å². The van der Waals surface area contributed by atoms with E-state index in [2.05, 4.69) is 15.3 Å². The highest BCUT2D eigenvalue weighted by atomic mass is 16.5. The number of aliphatic hydroxyl groups is 1. The molecule has 1 heterocycles. The van der Waals surface area contributed by atoms with E-state index in [0.717, 1.165) is 18.4 Å². The molecular formula is C31H33N5O5. The Balaban J connectivity index is 1.59.